The molecule has 37 heavy (non-hydrogen) atoms. The highest BCUT2D eigenvalue weighted by atomic mass is 32.2. The van der Waals surface area contributed by atoms with Crippen LogP contribution in [0, 0.1) is 11.7 Å². The van der Waals surface area contributed by atoms with Gasteiger partial charge in [0.1, 0.15) is 16.6 Å². The summed E-state index contributed by atoms with van der Waals surface area (Å²) < 4.78 is 26.3. The van der Waals surface area contributed by atoms with Crippen molar-refractivity contribution in [2.24, 2.45) is 5.92 Å². The summed E-state index contributed by atoms with van der Waals surface area (Å²) in [5.41, 5.74) is 1.51. The van der Waals surface area contributed by atoms with Gasteiger partial charge in [0, 0.05) is 11.4 Å². The third-order valence-electron chi connectivity index (χ3n) is 6.13. The molecule has 1 N–H and O–H groups in total. The van der Waals surface area contributed by atoms with E-state index in [0.717, 1.165) is 29.7 Å². The quantitative estimate of drug-likeness (QED) is 0.259. The predicted molar refractivity (Wildman–Crippen MR) is 142 cm³/mol. The minimum atomic E-state index is -0.423. The molecule has 11 heteroatoms. The van der Waals surface area contributed by atoms with Crippen molar-refractivity contribution in [2.45, 2.75) is 64.8 Å². The largest absolute Gasteiger partial charge is 0.483 e. The highest BCUT2D eigenvalue weighted by Crippen LogP contribution is 2.40. The molecule has 2 aromatic heterocycles. The number of carbonyl (C=O) groups is 2. The van der Waals surface area contributed by atoms with Gasteiger partial charge in [-0.2, -0.15) is 0 Å². The monoisotopic (exact) mass is 546 g/mol. The number of rotatable bonds is 10. The molecule has 0 saturated heterocycles. The van der Waals surface area contributed by atoms with E-state index in [1.54, 1.807) is 19.1 Å². The van der Waals surface area contributed by atoms with Crippen molar-refractivity contribution < 1.29 is 23.5 Å². The van der Waals surface area contributed by atoms with Crippen molar-refractivity contribution in [3.8, 4) is 5.75 Å². The molecule has 0 aliphatic heterocycles. The second-order valence-electron chi connectivity index (χ2n) is 8.91. The van der Waals surface area contributed by atoms with Crippen molar-refractivity contribution in [2.75, 3.05) is 17.7 Å². The van der Waals surface area contributed by atoms with Crippen LogP contribution in [0.15, 0.2) is 29.4 Å². The van der Waals surface area contributed by atoms with E-state index in [4.69, 9.17) is 9.47 Å². The Morgan fingerprint density at radius 3 is 2.73 bits per heavy atom. The number of esters is 1. The third kappa shape index (κ3) is 6.32. The van der Waals surface area contributed by atoms with Crippen molar-refractivity contribution >= 4 is 40.0 Å². The normalized spacial score (nSPS) is 15.6. The maximum atomic E-state index is 13.2. The molecule has 1 aliphatic rings. The maximum Gasteiger partial charge on any atom is 0.341 e. The Balaban J connectivity index is 1.44. The zero-order valence-electron chi connectivity index (χ0n) is 21.4. The topological polar surface area (TPSA) is 95.3 Å². The van der Waals surface area contributed by atoms with Crippen molar-refractivity contribution in [3.63, 3.8) is 0 Å². The minimum Gasteiger partial charge on any atom is -0.483 e. The summed E-state index contributed by atoms with van der Waals surface area (Å²) in [5, 5.41) is 12.6. The molecule has 2 unspecified atom stereocenters. The van der Waals surface area contributed by atoms with Crippen LogP contribution >= 0.6 is 23.1 Å². The number of anilines is 1. The van der Waals surface area contributed by atoms with Crippen molar-refractivity contribution in [1.82, 2.24) is 14.8 Å². The lowest BCUT2D eigenvalue weighted by Crippen LogP contribution is -2.18. The first kappa shape index (κ1) is 27.1. The molecular weight excluding hydrogens is 515 g/mol. The first-order valence-electron chi connectivity index (χ1n) is 12.4. The molecule has 0 radical (unpaired) electrons. The van der Waals surface area contributed by atoms with E-state index in [9.17, 15) is 14.0 Å². The van der Waals surface area contributed by atoms with E-state index in [2.05, 4.69) is 22.4 Å². The van der Waals surface area contributed by atoms with Gasteiger partial charge in [0.05, 0.1) is 17.9 Å². The fourth-order valence-electron chi connectivity index (χ4n) is 4.33. The Bertz CT molecular complexity index is 1260. The lowest BCUT2D eigenvalue weighted by Gasteiger charge is -2.18. The molecule has 0 fully saturated rings. The average molecular weight is 547 g/mol. The molecule has 8 nitrogen and oxygen atoms in total. The van der Waals surface area contributed by atoms with Gasteiger partial charge in [-0.1, -0.05) is 18.7 Å². The molecule has 0 saturated carbocycles. The Morgan fingerprint density at radius 1 is 1.27 bits per heavy atom. The number of aromatic nitrogens is 3. The number of hydrogen-bond donors (Lipinski definition) is 1. The molecule has 0 bridgehead atoms. The molecular formula is C26H31FN4O4S2. The van der Waals surface area contributed by atoms with Gasteiger partial charge in [-0.3, -0.25) is 4.79 Å². The van der Waals surface area contributed by atoms with Gasteiger partial charge < -0.3 is 19.4 Å². The number of halogens is 1. The van der Waals surface area contributed by atoms with Crippen molar-refractivity contribution in [3.05, 3.63) is 51.9 Å². The second kappa shape index (κ2) is 12.1. The van der Waals surface area contributed by atoms with Gasteiger partial charge in [0.2, 0.25) is 5.91 Å². The molecule has 4 rings (SSSR count). The number of benzene rings is 1. The number of amides is 1. The fraction of sp³-hybridized carbons (Fsp3) is 0.462. The highest BCUT2D eigenvalue weighted by molar-refractivity contribution is 7.99. The van der Waals surface area contributed by atoms with E-state index in [1.165, 1.54) is 35.2 Å². The van der Waals surface area contributed by atoms with E-state index < -0.39 is 6.10 Å². The van der Waals surface area contributed by atoms with Crippen LogP contribution in [0.4, 0.5) is 9.39 Å². The van der Waals surface area contributed by atoms with Crippen LogP contribution in [0.2, 0.25) is 0 Å². The first-order chi connectivity index (χ1) is 17.8. The number of ether oxygens (including phenoxy) is 2. The summed E-state index contributed by atoms with van der Waals surface area (Å²) in [4.78, 5) is 26.8. The second-order valence-corrected chi connectivity index (χ2v) is 11.0. The zero-order chi connectivity index (χ0) is 26.5. The number of thioether (sulfide) groups is 1. The molecule has 3 aromatic rings. The third-order valence-corrected chi connectivity index (χ3v) is 8.26. The minimum absolute atomic E-state index is 0.104. The van der Waals surface area contributed by atoms with Gasteiger partial charge in [-0.25, -0.2) is 9.18 Å². The van der Waals surface area contributed by atoms with E-state index in [0.29, 0.717) is 39.8 Å². The number of carbonyl (C=O) groups excluding carboxylic acids is 2. The van der Waals surface area contributed by atoms with Gasteiger partial charge in [-0.05, 0) is 75.8 Å². The van der Waals surface area contributed by atoms with Crippen LogP contribution in [0.25, 0.3) is 0 Å². The van der Waals surface area contributed by atoms with E-state index in [-0.39, 0.29) is 30.1 Å². The average Bonchev–Trinajstić information content (AvgIpc) is 3.44. The number of hydrogen-bond acceptors (Lipinski definition) is 8. The maximum absolute atomic E-state index is 13.2. The summed E-state index contributed by atoms with van der Waals surface area (Å²) >= 11 is 2.74. The van der Waals surface area contributed by atoms with Crippen molar-refractivity contribution in [1.29, 1.82) is 0 Å². The molecule has 198 valence electrons. The standard InChI is InChI=1S/C26H31FN4O4S2/c1-5-31-23(16(4)35-18-10-8-17(27)9-11-18)29-30-26(31)36-14-21(32)28-24-22(25(33)34-6-2)19-12-7-15(3)13-20(19)37-24/h8-11,15-16H,5-7,12-14H2,1-4H3,(H,28,32). The van der Waals surface area contributed by atoms with Crippen LogP contribution in [0.3, 0.4) is 0 Å². The molecule has 2 heterocycles. The number of nitrogens with one attached hydrogen (secondary N) is 1. The van der Waals surface area contributed by atoms with Crippen LogP contribution in [0.1, 0.15) is 66.8 Å². The summed E-state index contributed by atoms with van der Waals surface area (Å²) in [7, 11) is 0. The summed E-state index contributed by atoms with van der Waals surface area (Å²) in [6.07, 6.45) is 2.30. The van der Waals surface area contributed by atoms with E-state index in [1.807, 2.05) is 18.4 Å². The summed E-state index contributed by atoms with van der Waals surface area (Å²) in [6.45, 7) is 8.65. The summed E-state index contributed by atoms with van der Waals surface area (Å²) in [5.74, 6) is 0.836. The summed E-state index contributed by atoms with van der Waals surface area (Å²) in [6, 6.07) is 5.80. The zero-order valence-corrected chi connectivity index (χ0v) is 23.0. The van der Waals surface area contributed by atoms with Gasteiger partial charge >= 0.3 is 5.97 Å². The van der Waals surface area contributed by atoms with E-state index >= 15 is 0 Å². The molecule has 2 atom stereocenters. The fourth-order valence-corrected chi connectivity index (χ4v) is 6.55. The SMILES string of the molecule is CCOC(=O)c1c(NC(=O)CSc2nnc(C(C)Oc3ccc(F)cc3)n2CC)sc2c1CCC(C)C2. The first-order valence-corrected chi connectivity index (χ1v) is 14.2. The highest BCUT2D eigenvalue weighted by Gasteiger charge is 2.29. The smallest absolute Gasteiger partial charge is 0.341 e. The molecule has 1 aromatic carbocycles. The van der Waals surface area contributed by atoms with Gasteiger partial charge in [0.25, 0.3) is 0 Å². The molecule has 1 amide bonds. The Kier molecular flexibility index (Phi) is 8.86. The molecule has 0 spiro atoms. The molecule has 1 aliphatic carbocycles. The van der Waals surface area contributed by atoms with Crippen LogP contribution < -0.4 is 10.1 Å². The lowest BCUT2D eigenvalue weighted by atomic mass is 9.88. The van der Waals surface area contributed by atoms with Crippen LogP contribution in [0.5, 0.6) is 5.75 Å². The van der Waals surface area contributed by atoms with Crippen LogP contribution in [-0.4, -0.2) is 39.0 Å². The Morgan fingerprint density at radius 2 is 2.03 bits per heavy atom. The Labute approximate surface area is 224 Å². The lowest BCUT2D eigenvalue weighted by molar-refractivity contribution is -0.113. The van der Waals surface area contributed by atoms with Gasteiger partial charge in [-0.15, -0.1) is 21.5 Å². The predicted octanol–water partition coefficient (Wildman–Crippen LogP) is 5.67. The van der Waals surface area contributed by atoms with Gasteiger partial charge in [0.15, 0.2) is 17.1 Å². The number of nitrogens with zero attached hydrogens (tertiary/aromatic N) is 3. The number of thiophene rings is 1. The Hall–Kier alpha value is -2.92. The number of fused-ring (bicyclic) bond motifs is 1. The van der Waals surface area contributed by atoms with Crippen LogP contribution in [-0.2, 0) is 28.9 Å².